The van der Waals surface area contributed by atoms with Crippen LogP contribution in [0.2, 0.25) is 4.47 Å². The van der Waals surface area contributed by atoms with Crippen molar-refractivity contribution >= 4 is 38.9 Å². The number of nitrogens with zero attached hydrogens (tertiary/aromatic N) is 2. The van der Waals surface area contributed by atoms with E-state index in [1.165, 1.54) is 35.6 Å². The number of carboxylic acid groups (broad SMARTS) is 1. The average Bonchev–Trinajstić information content (AvgIpc) is 3.05. The third-order valence-electron chi connectivity index (χ3n) is 4.14. The van der Waals surface area contributed by atoms with Crippen LogP contribution >= 0.6 is 22.9 Å². The number of piperidine rings is 1. The van der Waals surface area contributed by atoms with E-state index in [1.54, 1.807) is 6.20 Å². The summed E-state index contributed by atoms with van der Waals surface area (Å²) in [4.78, 5) is 16.1. The Kier molecular flexibility index (Phi) is 6.02. The predicted octanol–water partition coefficient (Wildman–Crippen LogP) is 1.97. The number of sulfonamides is 1. The number of hydrogen-bond donors (Lipinski definition) is 2. The van der Waals surface area contributed by atoms with Gasteiger partial charge in [-0.15, -0.1) is 11.3 Å². The maximum atomic E-state index is 12.8. The van der Waals surface area contributed by atoms with Crippen molar-refractivity contribution in [2.75, 3.05) is 6.54 Å². The van der Waals surface area contributed by atoms with Crippen LogP contribution in [-0.2, 0) is 21.4 Å². The zero-order valence-corrected chi connectivity index (χ0v) is 16.4. The second kappa shape index (κ2) is 8.11. The second-order valence-corrected chi connectivity index (χ2v) is 9.54. The Morgan fingerprint density at radius 3 is 2.67 bits per heavy atom. The lowest BCUT2D eigenvalue weighted by molar-refractivity contribution is -0.146. The maximum Gasteiger partial charge on any atom is 0.324 e. The zero-order valence-electron chi connectivity index (χ0n) is 14.0. The fourth-order valence-electron chi connectivity index (χ4n) is 2.85. The molecule has 1 fully saturated rings. The number of aromatic nitrogens is 1. The first-order valence-corrected chi connectivity index (χ1v) is 10.7. The van der Waals surface area contributed by atoms with Gasteiger partial charge >= 0.3 is 5.97 Å². The Hall–Kier alpha value is -1.72. The van der Waals surface area contributed by atoms with E-state index in [2.05, 4.69) is 4.98 Å². The van der Waals surface area contributed by atoms with Gasteiger partial charge < -0.3 is 14.9 Å². The number of ether oxygens (including phenoxy) is 1. The molecule has 146 valence electrons. The molecule has 0 amide bonds. The van der Waals surface area contributed by atoms with E-state index >= 15 is 0 Å². The summed E-state index contributed by atoms with van der Waals surface area (Å²) in [6.07, 6.45) is 1.000. The van der Waals surface area contributed by atoms with Gasteiger partial charge in [-0.05, 0) is 37.1 Å². The summed E-state index contributed by atoms with van der Waals surface area (Å²) in [5.41, 5.74) is 0. The molecule has 1 aromatic carbocycles. The Morgan fingerprint density at radius 1 is 1.37 bits per heavy atom. The minimum absolute atomic E-state index is 0.0424. The van der Waals surface area contributed by atoms with E-state index in [0.717, 1.165) is 9.18 Å². The van der Waals surface area contributed by atoms with Gasteiger partial charge in [0.25, 0.3) is 0 Å². The molecule has 2 aromatic rings. The highest BCUT2D eigenvalue weighted by molar-refractivity contribution is 7.89. The van der Waals surface area contributed by atoms with Crippen molar-refractivity contribution in [1.82, 2.24) is 9.29 Å². The summed E-state index contributed by atoms with van der Waals surface area (Å²) in [6, 6.07) is 4.20. The largest absolute Gasteiger partial charge is 0.488 e. The van der Waals surface area contributed by atoms with Gasteiger partial charge in [0.05, 0.1) is 15.9 Å². The number of aliphatic hydroxyl groups excluding tert-OH is 1. The molecule has 0 saturated carbocycles. The topological polar surface area (TPSA) is 117 Å². The van der Waals surface area contributed by atoms with E-state index in [1.807, 2.05) is 0 Å². The fourth-order valence-corrected chi connectivity index (χ4v) is 5.39. The van der Waals surface area contributed by atoms with Gasteiger partial charge in [-0.1, -0.05) is 11.6 Å². The lowest BCUT2D eigenvalue weighted by Crippen LogP contribution is -2.54. The second-order valence-electron chi connectivity index (χ2n) is 5.95. The molecule has 0 radical (unpaired) electrons. The maximum absolute atomic E-state index is 12.8. The number of benzene rings is 1. The van der Waals surface area contributed by atoms with E-state index in [-0.39, 0.29) is 24.5 Å². The first-order chi connectivity index (χ1) is 12.8. The molecule has 2 N–H and O–H groups in total. The highest BCUT2D eigenvalue weighted by Gasteiger charge is 2.42. The van der Waals surface area contributed by atoms with E-state index in [9.17, 15) is 23.4 Å². The van der Waals surface area contributed by atoms with Crippen LogP contribution in [-0.4, -0.2) is 52.6 Å². The summed E-state index contributed by atoms with van der Waals surface area (Å²) < 4.78 is 32.5. The third kappa shape index (κ3) is 4.41. The third-order valence-corrected chi connectivity index (χ3v) is 7.13. The molecular weight excluding hydrogens is 416 g/mol. The predicted molar refractivity (Wildman–Crippen MR) is 98.5 cm³/mol. The number of aliphatic hydroxyl groups is 1. The van der Waals surface area contributed by atoms with Gasteiger partial charge in [0.15, 0.2) is 4.47 Å². The van der Waals surface area contributed by atoms with Crippen molar-refractivity contribution in [1.29, 1.82) is 0 Å². The van der Waals surface area contributed by atoms with Gasteiger partial charge in [-0.2, -0.15) is 4.31 Å². The molecule has 2 unspecified atom stereocenters. The molecule has 2 atom stereocenters. The molecule has 1 saturated heterocycles. The fraction of sp³-hybridized carbons (Fsp3) is 0.375. The van der Waals surface area contributed by atoms with Crippen molar-refractivity contribution in [2.24, 2.45) is 0 Å². The summed E-state index contributed by atoms with van der Waals surface area (Å²) in [7, 11) is -4.06. The van der Waals surface area contributed by atoms with Crippen LogP contribution in [0.4, 0.5) is 0 Å². The Labute approximate surface area is 165 Å². The lowest BCUT2D eigenvalue weighted by Gasteiger charge is -2.35. The molecule has 0 spiro atoms. The number of carbonyl (C=O) groups is 1. The highest BCUT2D eigenvalue weighted by atomic mass is 35.5. The van der Waals surface area contributed by atoms with E-state index in [4.69, 9.17) is 16.3 Å². The van der Waals surface area contributed by atoms with Gasteiger partial charge in [0.1, 0.15) is 18.4 Å². The minimum Gasteiger partial charge on any atom is -0.488 e. The SMILES string of the molecule is O=C(O)C1C(O)CCCN1S(=O)(=O)c1ccc(OCc2cnc(Cl)s2)cc1. The standard InChI is InChI=1S/C16H17ClN2O6S2/c17-16-18-8-11(26-16)9-25-10-3-5-12(6-4-10)27(23,24)19-7-1-2-13(20)14(19)15(21)22/h3-6,8,13-14,20H,1-2,7,9H2,(H,21,22). The van der Waals surface area contributed by atoms with Crippen LogP contribution in [0.1, 0.15) is 17.7 Å². The summed E-state index contributed by atoms with van der Waals surface area (Å²) in [6.45, 7) is 0.288. The van der Waals surface area contributed by atoms with Crippen LogP contribution in [0, 0.1) is 0 Å². The zero-order chi connectivity index (χ0) is 19.6. The molecule has 0 aliphatic carbocycles. The van der Waals surface area contributed by atoms with Gasteiger partial charge in [-0.3, -0.25) is 4.79 Å². The number of thiazole rings is 1. The molecule has 0 bridgehead atoms. The minimum atomic E-state index is -4.06. The molecule has 1 aromatic heterocycles. The molecule has 8 nitrogen and oxygen atoms in total. The smallest absolute Gasteiger partial charge is 0.324 e. The van der Waals surface area contributed by atoms with Crippen molar-refractivity contribution in [3.8, 4) is 5.75 Å². The Morgan fingerprint density at radius 2 is 2.07 bits per heavy atom. The van der Waals surface area contributed by atoms with Crippen LogP contribution in [0.15, 0.2) is 35.4 Å². The van der Waals surface area contributed by atoms with E-state index in [0.29, 0.717) is 16.6 Å². The van der Waals surface area contributed by atoms with Gasteiger partial charge in [-0.25, -0.2) is 13.4 Å². The van der Waals surface area contributed by atoms with Crippen LogP contribution < -0.4 is 4.74 Å². The summed E-state index contributed by atoms with van der Waals surface area (Å²) in [5.74, 6) is -0.916. The first-order valence-electron chi connectivity index (χ1n) is 8.05. The molecule has 27 heavy (non-hydrogen) atoms. The van der Waals surface area contributed by atoms with Crippen molar-refractivity contribution in [2.45, 2.75) is 36.5 Å². The summed E-state index contributed by atoms with van der Waals surface area (Å²) >= 11 is 7.04. The number of rotatable bonds is 6. The van der Waals surface area contributed by atoms with Crippen molar-refractivity contribution in [3.63, 3.8) is 0 Å². The van der Waals surface area contributed by atoms with Crippen LogP contribution in [0.25, 0.3) is 0 Å². The molecule has 1 aliphatic heterocycles. The highest BCUT2D eigenvalue weighted by Crippen LogP contribution is 2.27. The molecule has 3 rings (SSSR count). The molecule has 11 heteroatoms. The van der Waals surface area contributed by atoms with E-state index < -0.39 is 28.1 Å². The molecule has 2 heterocycles. The Bertz CT molecular complexity index is 915. The van der Waals surface area contributed by atoms with Gasteiger partial charge in [0, 0.05) is 12.7 Å². The van der Waals surface area contributed by atoms with Gasteiger partial charge in [0.2, 0.25) is 10.0 Å². The lowest BCUT2D eigenvalue weighted by atomic mass is 10.0. The monoisotopic (exact) mass is 432 g/mol. The first kappa shape index (κ1) is 20.0. The number of carboxylic acids is 1. The molecule has 1 aliphatic rings. The normalized spacial score (nSPS) is 21.1. The molecular formula is C16H17ClN2O6S2. The van der Waals surface area contributed by atoms with Crippen molar-refractivity contribution < 1.29 is 28.2 Å². The van der Waals surface area contributed by atoms with Crippen LogP contribution in [0.3, 0.4) is 0 Å². The quantitative estimate of drug-likeness (QED) is 0.716. The Balaban J connectivity index is 1.75. The van der Waals surface area contributed by atoms with Crippen molar-refractivity contribution in [3.05, 3.63) is 39.8 Å². The number of hydrogen-bond acceptors (Lipinski definition) is 7. The number of halogens is 1. The number of aliphatic carboxylic acids is 1. The van der Waals surface area contributed by atoms with Crippen LogP contribution in [0.5, 0.6) is 5.75 Å². The summed E-state index contributed by atoms with van der Waals surface area (Å²) in [5, 5.41) is 19.2. The average molecular weight is 433 g/mol.